The Morgan fingerprint density at radius 1 is 1.32 bits per heavy atom. The van der Waals surface area contributed by atoms with E-state index in [2.05, 4.69) is 17.2 Å². The third kappa shape index (κ3) is 2.48. The number of pyridine rings is 1. The number of fused-ring (bicyclic) bond motifs is 1. The monoisotopic (exact) mass is 260 g/mol. The lowest BCUT2D eigenvalue weighted by Gasteiger charge is -2.08. The lowest BCUT2D eigenvalue weighted by Crippen LogP contribution is -2.04. The number of allylic oxidation sites excluding steroid dienone is 1. The number of unbranched alkanes of at least 4 members (excludes halogenated alkanes) is 3. The summed E-state index contributed by atoms with van der Waals surface area (Å²) in [5, 5.41) is 12.7. The minimum Gasteiger partial charge on any atom is -0.506 e. The van der Waals surface area contributed by atoms with Crippen molar-refractivity contribution in [1.29, 1.82) is 0 Å². The number of amides is 1. The van der Waals surface area contributed by atoms with E-state index in [1.54, 1.807) is 6.92 Å². The summed E-state index contributed by atoms with van der Waals surface area (Å²) in [6.07, 6.45) is 6.23. The van der Waals surface area contributed by atoms with Gasteiger partial charge in [-0.3, -0.25) is 4.79 Å². The van der Waals surface area contributed by atoms with Gasteiger partial charge in [0.2, 0.25) is 0 Å². The zero-order valence-electron chi connectivity index (χ0n) is 11.7. The van der Waals surface area contributed by atoms with Gasteiger partial charge in [-0.2, -0.15) is 0 Å². The van der Waals surface area contributed by atoms with Crippen molar-refractivity contribution in [3.8, 4) is 5.75 Å². The molecule has 1 aliphatic heterocycles. The van der Waals surface area contributed by atoms with Gasteiger partial charge in [-0.1, -0.05) is 25.8 Å². The van der Waals surface area contributed by atoms with Crippen LogP contribution in [0, 0.1) is 13.8 Å². The molecule has 102 valence electrons. The summed E-state index contributed by atoms with van der Waals surface area (Å²) in [4.78, 5) is 16.2. The first kappa shape index (κ1) is 13.6. The van der Waals surface area contributed by atoms with Crippen LogP contribution in [0.1, 0.15) is 49.4 Å². The minimum atomic E-state index is -0.118. The van der Waals surface area contributed by atoms with E-state index in [1.807, 2.05) is 13.0 Å². The van der Waals surface area contributed by atoms with Crippen molar-refractivity contribution in [3.05, 3.63) is 22.9 Å². The molecule has 1 aromatic rings. The molecule has 0 fully saturated rings. The lowest BCUT2D eigenvalue weighted by atomic mass is 10.0. The normalized spacial score (nSPS) is 15.7. The predicted octanol–water partition coefficient (Wildman–Crippen LogP) is 3.32. The molecule has 4 heteroatoms. The summed E-state index contributed by atoms with van der Waals surface area (Å²) in [6.45, 7) is 5.71. The number of aryl methyl sites for hydroxylation is 1. The Morgan fingerprint density at radius 3 is 2.74 bits per heavy atom. The minimum absolute atomic E-state index is 0.118. The van der Waals surface area contributed by atoms with Crippen LogP contribution in [0.4, 0.5) is 5.82 Å². The van der Waals surface area contributed by atoms with Crippen molar-refractivity contribution in [3.63, 3.8) is 0 Å². The molecule has 4 nitrogen and oxygen atoms in total. The van der Waals surface area contributed by atoms with Crippen LogP contribution in [0.5, 0.6) is 5.75 Å². The number of hydrogen-bond donors (Lipinski definition) is 2. The molecular weight excluding hydrogens is 240 g/mol. The van der Waals surface area contributed by atoms with Gasteiger partial charge < -0.3 is 10.4 Å². The van der Waals surface area contributed by atoms with E-state index in [1.165, 1.54) is 0 Å². The number of nitrogens with one attached hydrogen (secondary N) is 1. The highest BCUT2D eigenvalue weighted by Crippen LogP contribution is 2.38. The molecule has 0 radical (unpaired) electrons. The van der Waals surface area contributed by atoms with Crippen LogP contribution >= 0.6 is 0 Å². The number of aromatic nitrogens is 1. The maximum absolute atomic E-state index is 12.0. The molecule has 2 heterocycles. The quantitative estimate of drug-likeness (QED) is 0.645. The maximum Gasteiger partial charge on any atom is 0.257 e. The molecule has 0 bridgehead atoms. The molecule has 0 aromatic carbocycles. The van der Waals surface area contributed by atoms with Crippen LogP contribution in [0.25, 0.3) is 5.57 Å². The van der Waals surface area contributed by atoms with Crippen molar-refractivity contribution in [2.45, 2.75) is 46.5 Å². The fraction of sp³-hybridized carbons (Fsp3) is 0.467. The van der Waals surface area contributed by atoms with Crippen LogP contribution in [0.15, 0.2) is 6.08 Å². The van der Waals surface area contributed by atoms with Crippen molar-refractivity contribution < 1.29 is 9.90 Å². The number of nitrogens with zero attached hydrogens (tertiary/aromatic N) is 1. The van der Waals surface area contributed by atoms with Gasteiger partial charge in [0.15, 0.2) is 0 Å². The second kappa shape index (κ2) is 5.43. The summed E-state index contributed by atoms with van der Waals surface area (Å²) in [6, 6.07) is 0. The van der Waals surface area contributed by atoms with Crippen molar-refractivity contribution >= 4 is 17.3 Å². The first-order chi connectivity index (χ1) is 9.06. The van der Waals surface area contributed by atoms with E-state index >= 15 is 0 Å². The Morgan fingerprint density at radius 2 is 2.05 bits per heavy atom. The fourth-order valence-electron chi connectivity index (χ4n) is 2.39. The second-order valence-corrected chi connectivity index (χ2v) is 4.96. The molecule has 0 atom stereocenters. The second-order valence-electron chi connectivity index (χ2n) is 4.96. The Labute approximate surface area is 113 Å². The Kier molecular flexibility index (Phi) is 3.88. The van der Waals surface area contributed by atoms with Crippen LogP contribution in [0.3, 0.4) is 0 Å². The third-order valence-corrected chi connectivity index (χ3v) is 3.49. The molecule has 0 aliphatic carbocycles. The molecule has 0 spiro atoms. The number of hydrogen-bond acceptors (Lipinski definition) is 3. The molecule has 1 aromatic heterocycles. The largest absolute Gasteiger partial charge is 0.506 e. The maximum atomic E-state index is 12.0. The van der Waals surface area contributed by atoms with Crippen LogP contribution in [-0.2, 0) is 4.79 Å². The Hall–Kier alpha value is -1.84. The number of carbonyl (C=O) groups excluding carboxylic acids is 1. The van der Waals surface area contributed by atoms with Gasteiger partial charge in [-0.05, 0) is 26.7 Å². The van der Waals surface area contributed by atoms with E-state index in [0.717, 1.165) is 36.8 Å². The van der Waals surface area contributed by atoms with Crippen molar-refractivity contribution in [1.82, 2.24) is 4.98 Å². The topological polar surface area (TPSA) is 62.2 Å². The van der Waals surface area contributed by atoms with Gasteiger partial charge in [-0.15, -0.1) is 0 Å². The molecule has 0 unspecified atom stereocenters. The van der Waals surface area contributed by atoms with Gasteiger partial charge in [0.25, 0.3) is 5.91 Å². The van der Waals surface area contributed by atoms with Crippen molar-refractivity contribution in [2.24, 2.45) is 0 Å². The average Bonchev–Trinajstić information content (AvgIpc) is 2.68. The fourth-order valence-corrected chi connectivity index (χ4v) is 2.39. The van der Waals surface area contributed by atoms with Gasteiger partial charge in [0.05, 0.1) is 5.69 Å². The van der Waals surface area contributed by atoms with E-state index < -0.39 is 0 Å². The van der Waals surface area contributed by atoms with Crippen LogP contribution in [0.2, 0.25) is 0 Å². The molecule has 0 saturated carbocycles. The summed E-state index contributed by atoms with van der Waals surface area (Å²) >= 11 is 0. The zero-order valence-corrected chi connectivity index (χ0v) is 11.7. The molecule has 0 saturated heterocycles. The summed E-state index contributed by atoms with van der Waals surface area (Å²) in [5.74, 6) is 0.626. The highest BCUT2D eigenvalue weighted by atomic mass is 16.3. The molecule has 1 amide bonds. The highest BCUT2D eigenvalue weighted by Gasteiger charge is 2.29. The van der Waals surface area contributed by atoms with E-state index in [4.69, 9.17) is 0 Å². The summed E-state index contributed by atoms with van der Waals surface area (Å²) in [5.41, 5.74) is 2.67. The predicted molar refractivity (Wildman–Crippen MR) is 76.1 cm³/mol. The number of aromatic hydroxyl groups is 1. The van der Waals surface area contributed by atoms with Crippen LogP contribution in [-0.4, -0.2) is 16.0 Å². The van der Waals surface area contributed by atoms with Gasteiger partial charge in [0, 0.05) is 16.7 Å². The SMILES string of the molecule is CCCCCC=C1C(=O)Nc2nc(C)c(O)c(C)c21. The molecular formula is C15H20N2O2. The Balaban J connectivity index is 2.35. The molecule has 1 aliphatic rings. The number of anilines is 1. The van der Waals surface area contributed by atoms with Gasteiger partial charge >= 0.3 is 0 Å². The first-order valence-electron chi connectivity index (χ1n) is 6.78. The molecule has 19 heavy (non-hydrogen) atoms. The number of carbonyl (C=O) groups is 1. The zero-order chi connectivity index (χ0) is 14.0. The standard InChI is InChI=1S/C15H20N2O2/c1-4-5-6-7-8-11-12-9(2)13(18)10(3)16-14(12)17-15(11)19/h8,18H,4-7H2,1-3H3,(H,16,17,19). The van der Waals surface area contributed by atoms with E-state index in [0.29, 0.717) is 17.1 Å². The summed E-state index contributed by atoms with van der Waals surface area (Å²) < 4.78 is 0. The van der Waals surface area contributed by atoms with Gasteiger partial charge in [-0.25, -0.2) is 4.98 Å². The number of rotatable bonds is 4. The molecule has 2 N–H and O–H groups in total. The van der Waals surface area contributed by atoms with E-state index in [-0.39, 0.29) is 11.7 Å². The summed E-state index contributed by atoms with van der Waals surface area (Å²) in [7, 11) is 0. The van der Waals surface area contributed by atoms with Crippen molar-refractivity contribution in [2.75, 3.05) is 5.32 Å². The van der Waals surface area contributed by atoms with Crippen LogP contribution < -0.4 is 5.32 Å². The first-order valence-corrected chi connectivity index (χ1v) is 6.78. The van der Waals surface area contributed by atoms with E-state index in [9.17, 15) is 9.90 Å². The smallest absolute Gasteiger partial charge is 0.257 e. The Bertz CT molecular complexity index is 548. The van der Waals surface area contributed by atoms with Gasteiger partial charge in [0.1, 0.15) is 11.6 Å². The third-order valence-electron chi connectivity index (χ3n) is 3.49. The highest BCUT2D eigenvalue weighted by molar-refractivity contribution is 6.31. The molecule has 2 rings (SSSR count). The average molecular weight is 260 g/mol. The lowest BCUT2D eigenvalue weighted by molar-refractivity contribution is -0.110.